The summed E-state index contributed by atoms with van der Waals surface area (Å²) < 4.78 is 33.2. The van der Waals surface area contributed by atoms with Crippen LogP contribution in [0.3, 0.4) is 0 Å². The molecule has 0 aliphatic carbocycles. The van der Waals surface area contributed by atoms with Crippen LogP contribution < -0.4 is 5.14 Å². The molecule has 0 radical (unpaired) electrons. The lowest BCUT2D eigenvalue weighted by Crippen LogP contribution is -2.21. The van der Waals surface area contributed by atoms with Crippen LogP contribution >= 0.6 is 0 Å². The highest BCUT2D eigenvalue weighted by Crippen LogP contribution is 2.17. The molecule has 0 aliphatic heterocycles. The quantitative estimate of drug-likeness (QED) is 0.806. The van der Waals surface area contributed by atoms with Gasteiger partial charge in [0.05, 0.1) is 17.1 Å². The van der Waals surface area contributed by atoms with Gasteiger partial charge in [-0.15, -0.1) is 0 Å². The minimum atomic E-state index is -3.91. The third-order valence-corrected chi connectivity index (χ3v) is 3.97. The van der Waals surface area contributed by atoms with Crippen LogP contribution in [0.15, 0.2) is 23.1 Å². The Morgan fingerprint density at radius 2 is 1.86 bits per heavy atom. The molecule has 0 aliphatic rings. The first-order valence-corrected chi connectivity index (χ1v) is 8.06. The van der Waals surface area contributed by atoms with E-state index in [1.165, 1.54) is 25.3 Å². The molecule has 1 aromatic carbocycles. The molecule has 1 rings (SSSR count). The summed E-state index contributed by atoms with van der Waals surface area (Å²) in [5.41, 5.74) is 0.675. The van der Waals surface area contributed by atoms with Crippen molar-refractivity contribution < 1.29 is 22.7 Å². The summed E-state index contributed by atoms with van der Waals surface area (Å²) in [4.78, 5) is 12.0. The molecule has 6 nitrogen and oxygen atoms in total. The van der Waals surface area contributed by atoms with Gasteiger partial charge >= 0.3 is 5.97 Å². The van der Waals surface area contributed by atoms with Gasteiger partial charge in [0.25, 0.3) is 0 Å². The smallest absolute Gasteiger partial charge is 0.338 e. The summed E-state index contributed by atoms with van der Waals surface area (Å²) in [7, 11) is -2.43. The van der Waals surface area contributed by atoms with E-state index in [2.05, 4.69) is 0 Å². The van der Waals surface area contributed by atoms with E-state index in [9.17, 15) is 13.2 Å². The van der Waals surface area contributed by atoms with Crippen LogP contribution in [-0.2, 0) is 26.1 Å². The molecule has 0 fully saturated rings. The fourth-order valence-electron chi connectivity index (χ4n) is 1.57. The van der Waals surface area contributed by atoms with Gasteiger partial charge in [-0.3, -0.25) is 0 Å². The zero-order chi connectivity index (χ0) is 16.2. The van der Waals surface area contributed by atoms with E-state index in [0.717, 1.165) is 0 Å². The molecule has 0 bridgehead atoms. The molecule has 1 unspecified atom stereocenters. The highest BCUT2D eigenvalue weighted by Gasteiger charge is 2.18. The number of methoxy groups -OCH3 is 1. The van der Waals surface area contributed by atoms with Crippen molar-refractivity contribution in [2.75, 3.05) is 7.11 Å². The maximum atomic E-state index is 12.1. The fourth-order valence-corrected chi connectivity index (χ4v) is 2.17. The number of sulfonamides is 1. The predicted octanol–water partition coefficient (Wildman–Crippen LogP) is 1.68. The van der Waals surface area contributed by atoms with Gasteiger partial charge in [-0.05, 0) is 36.6 Å². The minimum Gasteiger partial charge on any atom is -0.459 e. The van der Waals surface area contributed by atoms with Gasteiger partial charge in [0.1, 0.15) is 6.10 Å². The van der Waals surface area contributed by atoms with Crippen molar-refractivity contribution in [3.63, 3.8) is 0 Å². The van der Waals surface area contributed by atoms with Gasteiger partial charge in [-0.1, -0.05) is 13.8 Å². The van der Waals surface area contributed by atoms with Crippen molar-refractivity contribution in [1.29, 1.82) is 0 Å². The number of carbonyl (C=O) groups excluding carboxylic acids is 1. The number of nitrogens with two attached hydrogens (primary N) is 1. The van der Waals surface area contributed by atoms with E-state index in [1.807, 2.05) is 13.8 Å². The van der Waals surface area contributed by atoms with E-state index in [-0.39, 0.29) is 29.1 Å². The lowest BCUT2D eigenvalue weighted by Gasteiger charge is -2.17. The predicted molar refractivity (Wildman–Crippen MR) is 78.2 cm³/mol. The van der Waals surface area contributed by atoms with Gasteiger partial charge < -0.3 is 9.47 Å². The van der Waals surface area contributed by atoms with Crippen LogP contribution in [0, 0.1) is 5.92 Å². The van der Waals surface area contributed by atoms with Crippen LogP contribution in [0.5, 0.6) is 0 Å². The second-order valence-electron chi connectivity index (χ2n) is 5.20. The Hall–Kier alpha value is -1.44. The first kappa shape index (κ1) is 17.6. The summed E-state index contributed by atoms with van der Waals surface area (Å²) in [6.07, 6.45) is -0.276. The molecule has 0 saturated heterocycles. The summed E-state index contributed by atoms with van der Waals surface area (Å²) in [6, 6.07) is 4.12. The van der Waals surface area contributed by atoms with E-state index >= 15 is 0 Å². The molecule has 2 N–H and O–H groups in total. The highest BCUT2D eigenvalue weighted by atomic mass is 32.2. The number of carbonyl (C=O) groups is 1. The maximum absolute atomic E-state index is 12.1. The zero-order valence-electron chi connectivity index (χ0n) is 12.6. The van der Waals surface area contributed by atoms with E-state index in [1.54, 1.807) is 6.92 Å². The molecule has 0 heterocycles. The molecule has 21 heavy (non-hydrogen) atoms. The third-order valence-electron chi connectivity index (χ3n) is 3.07. The normalized spacial score (nSPS) is 13.2. The standard InChI is InChI=1S/C14H21NO5S/c1-9(2)10(3)20-14(16)12-5-11(8-19-4)6-13(7-12)21(15,17)18/h5-7,9-10H,8H2,1-4H3,(H2,15,17,18). The van der Waals surface area contributed by atoms with Crippen LogP contribution in [-0.4, -0.2) is 27.6 Å². The molecule has 7 heteroatoms. The maximum Gasteiger partial charge on any atom is 0.338 e. The Morgan fingerprint density at radius 1 is 1.24 bits per heavy atom. The first-order chi connectivity index (χ1) is 9.65. The van der Waals surface area contributed by atoms with Crippen molar-refractivity contribution in [2.45, 2.75) is 38.4 Å². The van der Waals surface area contributed by atoms with Crippen LogP contribution in [0.25, 0.3) is 0 Å². The van der Waals surface area contributed by atoms with Crippen LogP contribution in [0.1, 0.15) is 36.7 Å². The SMILES string of the molecule is COCc1cc(C(=O)OC(C)C(C)C)cc(S(N)(=O)=O)c1. The highest BCUT2D eigenvalue weighted by molar-refractivity contribution is 7.89. The summed E-state index contributed by atoms with van der Waals surface area (Å²) in [5, 5.41) is 5.12. The monoisotopic (exact) mass is 315 g/mol. The Labute approximate surface area is 125 Å². The van der Waals surface area contributed by atoms with Gasteiger partial charge in [0, 0.05) is 7.11 Å². The molecule has 0 aromatic heterocycles. The van der Waals surface area contributed by atoms with Gasteiger partial charge in [0.2, 0.25) is 10.0 Å². The van der Waals surface area contributed by atoms with E-state index < -0.39 is 16.0 Å². The van der Waals surface area contributed by atoms with Crippen LogP contribution in [0.4, 0.5) is 0 Å². The molecule has 118 valence electrons. The van der Waals surface area contributed by atoms with E-state index in [4.69, 9.17) is 14.6 Å². The van der Waals surface area contributed by atoms with Crippen molar-refractivity contribution in [2.24, 2.45) is 11.1 Å². The number of rotatable bonds is 6. The van der Waals surface area contributed by atoms with Gasteiger partial charge in [-0.2, -0.15) is 0 Å². The number of hydrogen-bond acceptors (Lipinski definition) is 5. The largest absolute Gasteiger partial charge is 0.459 e. The average Bonchev–Trinajstić information content (AvgIpc) is 2.37. The topological polar surface area (TPSA) is 95.7 Å². The minimum absolute atomic E-state index is 0.138. The molecule has 0 amide bonds. The Bertz CT molecular complexity index is 610. The van der Waals surface area contributed by atoms with Gasteiger partial charge in [0.15, 0.2) is 0 Å². The number of primary sulfonamides is 1. The summed E-state index contributed by atoms with van der Waals surface area (Å²) in [5.74, 6) is -0.423. The van der Waals surface area contributed by atoms with Crippen molar-refractivity contribution in [3.8, 4) is 0 Å². The molecular formula is C14H21NO5S. The average molecular weight is 315 g/mol. The Kier molecular flexibility index (Phi) is 5.88. The molecular weight excluding hydrogens is 294 g/mol. The molecule has 1 aromatic rings. The van der Waals surface area contributed by atoms with Crippen molar-refractivity contribution in [3.05, 3.63) is 29.3 Å². The Morgan fingerprint density at radius 3 is 2.33 bits per heavy atom. The second-order valence-corrected chi connectivity index (χ2v) is 6.76. The summed E-state index contributed by atoms with van der Waals surface area (Å²) >= 11 is 0. The third kappa shape index (κ3) is 5.11. The number of esters is 1. The summed E-state index contributed by atoms with van der Waals surface area (Å²) in [6.45, 7) is 5.80. The van der Waals surface area contributed by atoms with E-state index in [0.29, 0.717) is 5.56 Å². The number of hydrogen-bond donors (Lipinski definition) is 1. The Balaban J connectivity index is 3.16. The second kappa shape index (κ2) is 7.02. The van der Waals surface area contributed by atoms with Crippen molar-refractivity contribution in [1.82, 2.24) is 0 Å². The number of ether oxygens (including phenoxy) is 2. The first-order valence-electron chi connectivity index (χ1n) is 6.52. The number of benzene rings is 1. The van der Waals surface area contributed by atoms with Crippen LogP contribution in [0.2, 0.25) is 0 Å². The molecule has 0 spiro atoms. The lowest BCUT2D eigenvalue weighted by molar-refractivity contribution is 0.0237. The molecule has 1 atom stereocenters. The lowest BCUT2D eigenvalue weighted by atomic mass is 10.1. The van der Waals surface area contributed by atoms with Crippen molar-refractivity contribution >= 4 is 16.0 Å². The molecule has 0 saturated carbocycles. The fraction of sp³-hybridized carbons (Fsp3) is 0.500. The van der Waals surface area contributed by atoms with Gasteiger partial charge in [-0.25, -0.2) is 18.4 Å². The zero-order valence-corrected chi connectivity index (χ0v) is 13.4.